The first-order valence-corrected chi connectivity index (χ1v) is 7.26. The zero-order chi connectivity index (χ0) is 15.1. The normalized spacial score (nSPS) is 15.8. The summed E-state index contributed by atoms with van der Waals surface area (Å²) >= 11 is 0. The highest BCUT2D eigenvalue weighted by atomic mass is 16.5. The van der Waals surface area contributed by atoms with Crippen molar-refractivity contribution in [2.45, 2.75) is 19.4 Å². The molecule has 1 heterocycles. The van der Waals surface area contributed by atoms with Crippen LogP contribution < -0.4 is 15.4 Å². The average Bonchev–Trinajstić information content (AvgIpc) is 2.54. The Kier molecular flexibility index (Phi) is 5.58. The van der Waals surface area contributed by atoms with Gasteiger partial charge in [-0.15, -0.1) is 6.58 Å². The standard InChI is InChI=1S/C17H22N2O2/c1-3-10-19-17(20)13(2)21-16-6-4-14(5-7-16)15-8-11-18-12-9-15/h3-8,13,18H,1,9-12H2,2H3,(H,19,20). The lowest BCUT2D eigenvalue weighted by Crippen LogP contribution is -2.36. The zero-order valence-electron chi connectivity index (χ0n) is 12.4. The fraction of sp³-hybridized carbons (Fsp3) is 0.353. The van der Waals surface area contributed by atoms with Crippen LogP contribution in [0.3, 0.4) is 0 Å². The number of hydrogen-bond donors (Lipinski definition) is 2. The highest BCUT2D eigenvalue weighted by Crippen LogP contribution is 2.22. The van der Waals surface area contributed by atoms with Gasteiger partial charge in [0, 0.05) is 13.1 Å². The van der Waals surface area contributed by atoms with E-state index in [4.69, 9.17) is 4.74 Å². The van der Waals surface area contributed by atoms with Gasteiger partial charge in [-0.2, -0.15) is 0 Å². The molecule has 0 spiro atoms. The van der Waals surface area contributed by atoms with Crippen LogP contribution >= 0.6 is 0 Å². The van der Waals surface area contributed by atoms with Crippen molar-refractivity contribution in [1.29, 1.82) is 0 Å². The van der Waals surface area contributed by atoms with Crippen LogP contribution in [0.1, 0.15) is 18.9 Å². The maximum absolute atomic E-state index is 11.7. The summed E-state index contributed by atoms with van der Waals surface area (Å²) in [6.45, 7) is 7.70. The predicted molar refractivity (Wildman–Crippen MR) is 85.2 cm³/mol. The van der Waals surface area contributed by atoms with Gasteiger partial charge in [-0.3, -0.25) is 4.79 Å². The summed E-state index contributed by atoms with van der Waals surface area (Å²) < 4.78 is 5.64. The molecule has 4 nitrogen and oxygen atoms in total. The molecule has 2 N–H and O–H groups in total. The minimum Gasteiger partial charge on any atom is -0.481 e. The van der Waals surface area contributed by atoms with E-state index in [0.29, 0.717) is 12.3 Å². The van der Waals surface area contributed by atoms with E-state index in [-0.39, 0.29) is 5.91 Å². The summed E-state index contributed by atoms with van der Waals surface area (Å²) in [6, 6.07) is 7.91. The van der Waals surface area contributed by atoms with Crippen molar-refractivity contribution in [1.82, 2.24) is 10.6 Å². The third-order valence-electron chi connectivity index (χ3n) is 3.39. The van der Waals surface area contributed by atoms with Crippen LogP contribution in [0, 0.1) is 0 Å². The van der Waals surface area contributed by atoms with Gasteiger partial charge < -0.3 is 15.4 Å². The lowest BCUT2D eigenvalue weighted by molar-refractivity contribution is -0.127. The Morgan fingerprint density at radius 2 is 2.24 bits per heavy atom. The van der Waals surface area contributed by atoms with Crippen LogP contribution in [0.2, 0.25) is 0 Å². The molecule has 1 aliphatic rings. The molecule has 1 aliphatic heterocycles. The van der Waals surface area contributed by atoms with Crippen molar-refractivity contribution in [3.63, 3.8) is 0 Å². The monoisotopic (exact) mass is 286 g/mol. The number of amides is 1. The van der Waals surface area contributed by atoms with Gasteiger partial charge in [0.2, 0.25) is 0 Å². The van der Waals surface area contributed by atoms with Crippen LogP contribution in [0.5, 0.6) is 5.75 Å². The number of hydrogen-bond acceptors (Lipinski definition) is 3. The molecule has 0 bridgehead atoms. The van der Waals surface area contributed by atoms with E-state index in [1.54, 1.807) is 13.0 Å². The van der Waals surface area contributed by atoms with Crippen molar-refractivity contribution in [3.05, 3.63) is 48.6 Å². The highest BCUT2D eigenvalue weighted by molar-refractivity contribution is 5.80. The van der Waals surface area contributed by atoms with Gasteiger partial charge in [0.05, 0.1) is 0 Å². The molecule has 0 fully saturated rings. The van der Waals surface area contributed by atoms with Gasteiger partial charge in [-0.25, -0.2) is 0 Å². The summed E-state index contributed by atoms with van der Waals surface area (Å²) in [4.78, 5) is 11.7. The second-order valence-corrected chi connectivity index (χ2v) is 5.00. The molecular formula is C17H22N2O2. The quantitative estimate of drug-likeness (QED) is 0.788. The molecule has 1 unspecified atom stereocenters. The molecule has 1 aromatic rings. The van der Waals surface area contributed by atoms with Crippen LogP contribution in [-0.4, -0.2) is 31.6 Å². The topological polar surface area (TPSA) is 50.4 Å². The second-order valence-electron chi connectivity index (χ2n) is 5.00. The van der Waals surface area contributed by atoms with Gasteiger partial charge in [-0.05, 0) is 43.2 Å². The number of ether oxygens (including phenoxy) is 1. The molecule has 1 aromatic carbocycles. The summed E-state index contributed by atoms with van der Waals surface area (Å²) in [6.07, 6.45) is 4.38. The number of carbonyl (C=O) groups is 1. The third-order valence-corrected chi connectivity index (χ3v) is 3.39. The van der Waals surface area contributed by atoms with Crippen LogP contribution in [0.4, 0.5) is 0 Å². The fourth-order valence-electron chi connectivity index (χ4n) is 2.21. The third kappa shape index (κ3) is 4.46. The summed E-state index contributed by atoms with van der Waals surface area (Å²) in [5, 5.41) is 6.02. The molecule has 21 heavy (non-hydrogen) atoms. The number of nitrogens with one attached hydrogen (secondary N) is 2. The van der Waals surface area contributed by atoms with Crippen molar-refractivity contribution >= 4 is 11.5 Å². The highest BCUT2D eigenvalue weighted by Gasteiger charge is 2.13. The average molecular weight is 286 g/mol. The Labute approximate surface area is 125 Å². The van der Waals surface area contributed by atoms with E-state index >= 15 is 0 Å². The largest absolute Gasteiger partial charge is 0.481 e. The molecule has 4 heteroatoms. The first-order valence-electron chi connectivity index (χ1n) is 7.26. The molecule has 112 valence electrons. The Morgan fingerprint density at radius 1 is 1.48 bits per heavy atom. The Balaban J connectivity index is 1.94. The lowest BCUT2D eigenvalue weighted by atomic mass is 10.0. The molecule has 0 saturated carbocycles. The molecule has 0 saturated heterocycles. The Morgan fingerprint density at radius 3 is 2.86 bits per heavy atom. The van der Waals surface area contributed by atoms with E-state index < -0.39 is 6.10 Å². The van der Waals surface area contributed by atoms with E-state index in [1.165, 1.54) is 11.1 Å². The van der Waals surface area contributed by atoms with Crippen molar-refractivity contribution < 1.29 is 9.53 Å². The lowest BCUT2D eigenvalue weighted by Gasteiger charge is -2.16. The first kappa shape index (κ1) is 15.3. The van der Waals surface area contributed by atoms with Crippen molar-refractivity contribution in [2.24, 2.45) is 0 Å². The van der Waals surface area contributed by atoms with E-state index in [0.717, 1.165) is 19.5 Å². The Hall–Kier alpha value is -2.07. The van der Waals surface area contributed by atoms with E-state index in [1.807, 2.05) is 24.3 Å². The predicted octanol–water partition coefficient (Wildman–Crippen LogP) is 2.13. The van der Waals surface area contributed by atoms with Crippen molar-refractivity contribution in [3.8, 4) is 5.75 Å². The second kappa shape index (κ2) is 7.64. The molecule has 0 radical (unpaired) electrons. The van der Waals surface area contributed by atoms with E-state index in [9.17, 15) is 4.79 Å². The van der Waals surface area contributed by atoms with Gasteiger partial charge in [-0.1, -0.05) is 24.3 Å². The molecule has 2 rings (SSSR count). The fourth-order valence-corrected chi connectivity index (χ4v) is 2.21. The first-order chi connectivity index (χ1) is 10.2. The minimum absolute atomic E-state index is 0.139. The molecule has 0 aromatic heterocycles. The van der Waals surface area contributed by atoms with Crippen molar-refractivity contribution in [2.75, 3.05) is 19.6 Å². The maximum Gasteiger partial charge on any atom is 0.261 e. The van der Waals surface area contributed by atoms with Gasteiger partial charge in [0.25, 0.3) is 5.91 Å². The summed E-state index contributed by atoms with van der Waals surface area (Å²) in [5.41, 5.74) is 2.57. The molecule has 0 aliphatic carbocycles. The van der Waals surface area contributed by atoms with E-state index in [2.05, 4.69) is 23.3 Å². The summed E-state index contributed by atoms with van der Waals surface area (Å²) in [7, 11) is 0. The SMILES string of the molecule is C=CCNC(=O)C(C)Oc1ccc(C2=CCNCC2)cc1. The Bertz CT molecular complexity index is 520. The number of rotatable bonds is 6. The smallest absolute Gasteiger partial charge is 0.261 e. The van der Waals surface area contributed by atoms with Crippen LogP contribution in [0.25, 0.3) is 5.57 Å². The molecule has 1 atom stereocenters. The zero-order valence-corrected chi connectivity index (χ0v) is 12.4. The van der Waals surface area contributed by atoms with Gasteiger partial charge >= 0.3 is 0 Å². The van der Waals surface area contributed by atoms with Crippen LogP contribution in [-0.2, 0) is 4.79 Å². The molecular weight excluding hydrogens is 264 g/mol. The number of carbonyl (C=O) groups excluding carboxylic acids is 1. The van der Waals surface area contributed by atoms with Gasteiger partial charge in [0.1, 0.15) is 5.75 Å². The molecule has 1 amide bonds. The van der Waals surface area contributed by atoms with Crippen LogP contribution in [0.15, 0.2) is 43.0 Å². The minimum atomic E-state index is -0.520. The number of benzene rings is 1. The maximum atomic E-state index is 11.7. The van der Waals surface area contributed by atoms with Gasteiger partial charge in [0.15, 0.2) is 6.10 Å². The summed E-state index contributed by atoms with van der Waals surface area (Å²) in [5.74, 6) is 0.564.